The van der Waals surface area contributed by atoms with Gasteiger partial charge in [-0.3, -0.25) is 19.2 Å². The van der Waals surface area contributed by atoms with E-state index in [9.17, 15) is 34.2 Å². The van der Waals surface area contributed by atoms with Crippen molar-refractivity contribution in [2.45, 2.75) is 62.7 Å². The highest BCUT2D eigenvalue weighted by atomic mass is 16.4. The molecule has 0 spiro atoms. The second-order valence-corrected chi connectivity index (χ2v) is 8.29. The smallest absolute Gasteiger partial charge is 0.326 e. The Labute approximate surface area is 209 Å². The van der Waals surface area contributed by atoms with Gasteiger partial charge in [0.25, 0.3) is 0 Å². The number of rotatable bonds is 17. The van der Waals surface area contributed by atoms with Crippen molar-refractivity contribution in [2.24, 2.45) is 17.2 Å². The Hall–Kier alpha value is -3.55. The van der Waals surface area contributed by atoms with E-state index >= 15 is 0 Å². The van der Waals surface area contributed by atoms with Gasteiger partial charge in [0.2, 0.25) is 23.6 Å². The van der Waals surface area contributed by atoms with Crippen LogP contribution in [-0.2, 0) is 30.4 Å². The van der Waals surface area contributed by atoms with Crippen LogP contribution in [0.25, 0.3) is 0 Å². The highest BCUT2D eigenvalue weighted by molar-refractivity contribution is 5.94. The molecule has 0 fully saturated rings. The van der Waals surface area contributed by atoms with Crippen LogP contribution < -0.4 is 33.2 Å². The van der Waals surface area contributed by atoms with Crippen LogP contribution in [0.15, 0.2) is 30.3 Å². The predicted molar refractivity (Wildman–Crippen MR) is 130 cm³/mol. The van der Waals surface area contributed by atoms with E-state index in [1.54, 1.807) is 30.3 Å². The molecule has 4 unspecified atom stereocenters. The lowest BCUT2D eigenvalue weighted by Gasteiger charge is -2.24. The molecule has 0 heterocycles. The third-order valence-corrected chi connectivity index (χ3v) is 5.33. The summed E-state index contributed by atoms with van der Waals surface area (Å²) in [6.07, 6.45) is 1.12. The van der Waals surface area contributed by atoms with E-state index in [0.29, 0.717) is 31.4 Å². The van der Waals surface area contributed by atoms with Crippen molar-refractivity contribution in [1.82, 2.24) is 16.0 Å². The maximum atomic E-state index is 12.9. The average Bonchev–Trinajstić information content (AvgIpc) is 2.84. The van der Waals surface area contributed by atoms with Crippen molar-refractivity contribution < 1.29 is 34.2 Å². The van der Waals surface area contributed by atoms with E-state index < -0.39 is 60.4 Å². The Morgan fingerprint density at radius 3 is 1.97 bits per heavy atom. The van der Waals surface area contributed by atoms with Gasteiger partial charge in [0, 0.05) is 12.8 Å². The van der Waals surface area contributed by atoms with Gasteiger partial charge in [0.1, 0.15) is 18.1 Å². The zero-order chi connectivity index (χ0) is 27.1. The van der Waals surface area contributed by atoms with E-state index in [1.165, 1.54) is 0 Å². The lowest BCUT2D eigenvalue weighted by atomic mass is 10.0. The highest BCUT2D eigenvalue weighted by Gasteiger charge is 2.30. The SMILES string of the molecule is NCCCCC(N)C(=O)NC(CO)C(=O)NC(Cc1ccccc1)C(=O)NC(CCC(N)=O)C(=O)O. The fourth-order valence-electron chi connectivity index (χ4n) is 3.26. The highest BCUT2D eigenvalue weighted by Crippen LogP contribution is 2.06. The van der Waals surface area contributed by atoms with Crippen LogP contribution in [0.3, 0.4) is 0 Å². The molecule has 1 rings (SSSR count). The number of carbonyl (C=O) groups excluding carboxylic acids is 4. The van der Waals surface area contributed by atoms with Crippen LogP contribution in [0.4, 0.5) is 0 Å². The van der Waals surface area contributed by atoms with E-state index in [-0.39, 0.29) is 19.3 Å². The number of carbonyl (C=O) groups is 5. The number of hydrogen-bond donors (Lipinski definition) is 8. The molecule has 0 aliphatic rings. The maximum absolute atomic E-state index is 12.9. The van der Waals surface area contributed by atoms with Gasteiger partial charge in [-0.25, -0.2) is 4.79 Å². The van der Waals surface area contributed by atoms with Gasteiger partial charge in [0.15, 0.2) is 0 Å². The summed E-state index contributed by atoms with van der Waals surface area (Å²) >= 11 is 0. The van der Waals surface area contributed by atoms with Crippen LogP contribution in [0.1, 0.15) is 37.7 Å². The summed E-state index contributed by atoms with van der Waals surface area (Å²) in [5.74, 6) is -4.45. The first kappa shape index (κ1) is 30.5. The van der Waals surface area contributed by atoms with Gasteiger partial charge in [-0.05, 0) is 31.4 Å². The Morgan fingerprint density at radius 2 is 1.42 bits per heavy atom. The average molecular weight is 509 g/mol. The normalized spacial score (nSPS) is 14.1. The molecule has 0 saturated carbocycles. The summed E-state index contributed by atoms with van der Waals surface area (Å²) in [5, 5.41) is 26.2. The molecular formula is C23H36N6O7. The van der Waals surface area contributed by atoms with Crippen LogP contribution in [0, 0.1) is 0 Å². The van der Waals surface area contributed by atoms with Gasteiger partial charge in [-0.15, -0.1) is 0 Å². The monoisotopic (exact) mass is 508 g/mol. The molecule has 4 atom stereocenters. The number of nitrogens with two attached hydrogens (primary N) is 3. The summed E-state index contributed by atoms with van der Waals surface area (Å²) in [6.45, 7) is -0.310. The Balaban J connectivity index is 2.96. The van der Waals surface area contributed by atoms with Crippen LogP contribution >= 0.6 is 0 Å². The molecule has 13 nitrogen and oxygen atoms in total. The largest absolute Gasteiger partial charge is 0.480 e. The van der Waals surface area contributed by atoms with Crippen LogP contribution in [0.2, 0.25) is 0 Å². The third-order valence-electron chi connectivity index (χ3n) is 5.33. The fraction of sp³-hybridized carbons (Fsp3) is 0.522. The maximum Gasteiger partial charge on any atom is 0.326 e. The quantitative estimate of drug-likeness (QED) is 0.103. The molecule has 200 valence electrons. The molecule has 1 aromatic rings. The number of unbranched alkanes of at least 4 members (excludes halogenated alkanes) is 1. The van der Waals surface area contributed by atoms with Crippen LogP contribution in [-0.4, -0.2) is 77.1 Å². The third kappa shape index (κ3) is 11.3. The molecular weight excluding hydrogens is 472 g/mol. The molecule has 0 aliphatic carbocycles. The van der Waals surface area contributed by atoms with E-state index in [4.69, 9.17) is 17.2 Å². The number of primary amides is 1. The summed E-state index contributed by atoms with van der Waals surface area (Å²) < 4.78 is 0. The minimum atomic E-state index is -1.42. The number of carboxylic acid groups (broad SMARTS) is 1. The number of amides is 4. The minimum Gasteiger partial charge on any atom is -0.480 e. The van der Waals surface area contributed by atoms with Crippen molar-refractivity contribution in [1.29, 1.82) is 0 Å². The standard InChI is InChI=1S/C23H36N6O7/c24-11-5-4-8-15(25)20(32)29-18(13-30)22(34)28-17(12-14-6-2-1-3-7-14)21(33)27-16(23(35)36)9-10-19(26)31/h1-3,6-7,15-18,30H,4-5,8-13,24-25H2,(H2,26,31)(H,27,33)(H,28,34)(H,29,32)(H,35,36). The molecule has 0 bridgehead atoms. The van der Waals surface area contributed by atoms with Gasteiger partial charge in [0.05, 0.1) is 12.6 Å². The number of aliphatic hydroxyl groups is 1. The Kier molecular flexibility index (Phi) is 13.7. The zero-order valence-corrected chi connectivity index (χ0v) is 20.0. The molecule has 1 aromatic carbocycles. The minimum absolute atomic E-state index is 0.00866. The van der Waals surface area contributed by atoms with Gasteiger partial charge in [-0.1, -0.05) is 36.8 Å². The number of aliphatic hydroxyl groups excluding tert-OH is 1. The molecule has 11 N–H and O–H groups in total. The summed E-state index contributed by atoms with van der Waals surface area (Å²) in [4.78, 5) is 60.7. The second-order valence-electron chi connectivity index (χ2n) is 8.29. The number of carboxylic acids is 1. The van der Waals surface area contributed by atoms with Crippen molar-refractivity contribution >= 4 is 29.6 Å². The van der Waals surface area contributed by atoms with E-state index in [1.807, 2.05) is 0 Å². The summed E-state index contributed by atoms with van der Waals surface area (Å²) in [5.41, 5.74) is 17.0. The first-order chi connectivity index (χ1) is 17.1. The van der Waals surface area contributed by atoms with Gasteiger partial charge < -0.3 is 43.4 Å². The Bertz CT molecular complexity index is 883. The number of aliphatic carboxylic acids is 1. The first-order valence-corrected chi connectivity index (χ1v) is 11.6. The fourth-order valence-corrected chi connectivity index (χ4v) is 3.26. The summed E-state index contributed by atoms with van der Waals surface area (Å²) in [6, 6.07) is 3.65. The van der Waals surface area contributed by atoms with Crippen molar-refractivity contribution in [2.75, 3.05) is 13.2 Å². The van der Waals surface area contributed by atoms with Crippen molar-refractivity contribution in [3.8, 4) is 0 Å². The van der Waals surface area contributed by atoms with Crippen molar-refractivity contribution in [3.63, 3.8) is 0 Å². The van der Waals surface area contributed by atoms with Gasteiger partial charge >= 0.3 is 5.97 Å². The van der Waals surface area contributed by atoms with E-state index in [0.717, 1.165) is 0 Å². The molecule has 0 radical (unpaired) electrons. The Morgan fingerprint density at radius 1 is 0.833 bits per heavy atom. The predicted octanol–water partition coefficient (Wildman–Crippen LogP) is -2.52. The molecule has 0 aromatic heterocycles. The zero-order valence-electron chi connectivity index (χ0n) is 20.0. The van der Waals surface area contributed by atoms with Gasteiger partial charge in [-0.2, -0.15) is 0 Å². The van der Waals surface area contributed by atoms with Crippen molar-refractivity contribution in [3.05, 3.63) is 35.9 Å². The topological polar surface area (TPSA) is 240 Å². The summed E-state index contributed by atoms with van der Waals surface area (Å²) in [7, 11) is 0. The lowest BCUT2D eigenvalue weighted by molar-refractivity contribution is -0.142. The molecule has 0 aliphatic heterocycles. The van der Waals surface area contributed by atoms with E-state index in [2.05, 4.69) is 16.0 Å². The molecule has 13 heteroatoms. The number of benzene rings is 1. The lowest BCUT2D eigenvalue weighted by Crippen LogP contribution is -2.58. The first-order valence-electron chi connectivity index (χ1n) is 11.6. The molecule has 0 saturated heterocycles. The second kappa shape index (κ2) is 16.2. The number of nitrogens with one attached hydrogen (secondary N) is 3. The van der Waals surface area contributed by atoms with Crippen LogP contribution in [0.5, 0.6) is 0 Å². The molecule has 4 amide bonds. The molecule has 36 heavy (non-hydrogen) atoms. The number of hydrogen-bond acceptors (Lipinski definition) is 8.